The number of nitrogens with one attached hydrogen (secondary N) is 1. The number of ether oxygens (including phenoxy) is 1. The van der Waals surface area contributed by atoms with Gasteiger partial charge in [0.15, 0.2) is 0 Å². The van der Waals surface area contributed by atoms with Gasteiger partial charge in [-0.1, -0.05) is 17.7 Å². The molecule has 0 spiro atoms. The van der Waals surface area contributed by atoms with Gasteiger partial charge in [-0.2, -0.15) is 0 Å². The smallest absolute Gasteiger partial charge is 0.207 e. The number of rotatable bonds is 7. The zero-order valence-corrected chi connectivity index (χ0v) is 11.7. The summed E-state index contributed by atoms with van der Waals surface area (Å²) >= 11 is 5.96. The number of aryl methyl sites for hydroxylation is 1. The van der Waals surface area contributed by atoms with E-state index in [0.29, 0.717) is 5.02 Å². The highest BCUT2D eigenvalue weighted by atomic mass is 35.5. The number of hydrogen-bond donors (Lipinski definition) is 1. The van der Waals surface area contributed by atoms with E-state index < -0.39 is 0 Å². The minimum absolute atomic E-state index is 0.708. The minimum atomic E-state index is 0.708. The van der Waals surface area contributed by atoms with Crippen molar-refractivity contribution in [1.82, 2.24) is 9.55 Å². The van der Waals surface area contributed by atoms with Gasteiger partial charge in [0.2, 0.25) is 5.95 Å². The number of halogens is 1. The standard InChI is InChI=1S/C14H18ClN3O/c1-2-19-10-4-8-18-9-7-16-14(18)17-13-6-3-5-12(15)11-13/h3,5-7,9,11H,2,4,8,10H2,1H3,(H,16,17). The predicted octanol–water partition coefficient (Wildman–Crippen LogP) is 3.71. The summed E-state index contributed by atoms with van der Waals surface area (Å²) in [5, 5.41) is 3.97. The average Bonchev–Trinajstić information content (AvgIpc) is 2.82. The highest BCUT2D eigenvalue weighted by Crippen LogP contribution is 2.19. The van der Waals surface area contributed by atoms with Crippen molar-refractivity contribution in [3.8, 4) is 0 Å². The summed E-state index contributed by atoms with van der Waals surface area (Å²) in [5.74, 6) is 0.818. The molecule has 0 radical (unpaired) electrons. The molecule has 0 saturated heterocycles. The fraction of sp³-hybridized carbons (Fsp3) is 0.357. The van der Waals surface area contributed by atoms with Gasteiger partial charge in [0.1, 0.15) is 0 Å². The van der Waals surface area contributed by atoms with Gasteiger partial charge in [-0.15, -0.1) is 0 Å². The fourth-order valence-corrected chi connectivity index (χ4v) is 1.98. The van der Waals surface area contributed by atoms with Crippen molar-refractivity contribution < 1.29 is 4.74 Å². The molecule has 2 rings (SSSR count). The lowest BCUT2D eigenvalue weighted by Crippen LogP contribution is -2.05. The van der Waals surface area contributed by atoms with Crippen LogP contribution >= 0.6 is 11.6 Å². The molecule has 0 bridgehead atoms. The molecule has 19 heavy (non-hydrogen) atoms. The lowest BCUT2D eigenvalue weighted by molar-refractivity contribution is 0.142. The highest BCUT2D eigenvalue weighted by Gasteiger charge is 2.03. The molecule has 0 atom stereocenters. The molecule has 0 unspecified atom stereocenters. The van der Waals surface area contributed by atoms with E-state index >= 15 is 0 Å². The van der Waals surface area contributed by atoms with Crippen LogP contribution in [0.4, 0.5) is 11.6 Å². The summed E-state index contributed by atoms with van der Waals surface area (Å²) in [6.45, 7) is 4.41. The van der Waals surface area contributed by atoms with Gasteiger partial charge >= 0.3 is 0 Å². The summed E-state index contributed by atoms with van der Waals surface area (Å²) in [7, 11) is 0. The Balaban J connectivity index is 1.95. The third-order valence-electron chi connectivity index (χ3n) is 2.69. The molecule has 1 N–H and O–H groups in total. The number of imidazole rings is 1. The number of anilines is 2. The number of hydrogen-bond acceptors (Lipinski definition) is 3. The van der Waals surface area contributed by atoms with Crippen molar-refractivity contribution in [2.45, 2.75) is 19.9 Å². The molecular weight excluding hydrogens is 262 g/mol. The Kier molecular flexibility index (Phi) is 5.24. The maximum atomic E-state index is 5.96. The third kappa shape index (κ3) is 4.26. The van der Waals surface area contributed by atoms with E-state index in [4.69, 9.17) is 16.3 Å². The van der Waals surface area contributed by atoms with Gasteiger partial charge in [0.25, 0.3) is 0 Å². The molecule has 0 saturated carbocycles. The van der Waals surface area contributed by atoms with Crippen molar-refractivity contribution in [2.24, 2.45) is 0 Å². The molecule has 0 aliphatic carbocycles. The maximum Gasteiger partial charge on any atom is 0.207 e. The van der Waals surface area contributed by atoms with Crippen molar-refractivity contribution in [2.75, 3.05) is 18.5 Å². The molecule has 0 aliphatic rings. The molecule has 4 nitrogen and oxygen atoms in total. The summed E-state index contributed by atoms with van der Waals surface area (Å²) in [6.07, 6.45) is 4.71. The molecule has 0 amide bonds. The quantitative estimate of drug-likeness (QED) is 0.786. The van der Waals surface area contributed by atoms with Crippen molar-refractivity contribution in [1.29, 1.82) is 0 Å². The molecule has 1 aromatic heterocycles. The van der Waals surface area contributed by atoms with Crippen LogP contribution in [0.25, 0.3) is 0 Å². The number of nitrogens with zero attached hydrogens (tertiary/aromatic N) is 2. The zero-order valence-electron chi connectivity index (χ0n) is 11.0. The van der Waals surface area contributed by atoms with Gasteiger partial charge in [0, 0.05) is 42.9 Å². The molecule has 2 aromatic rings. The Morgan fingerprint density at radius 3 is 3.11 bits per heavy atom. The second-order valence-electron chi connectivity index (χ2n) is 4.13. The first kappa shape index (κ1) is 13.9. The molecule has 102 valence electrons. The van der Waals surface area contributed by atoms with E-state index in [2.05, 4.69) is 14.9 Å². The summed E-state index contributed by atoms with van der Waals surface area (Å²) in [5.41, 5.74) is 0.935. The van der Waals surface area contributed by atoms with Gasteiger partial charge in [-0.3, -0.25) is 0 Å². The van der Waals surface area contributed by atoms with Crippen LogP contribution in [0.15, 0.2) is 36.7 Å². The second kappa shape index (κ2) is 7.16. The van der Waals surface area contributed by atoms with Crippen LogP contribution in [0.2, 0.25) is 5.02 Å². The summed E-state index contributed by atoms with van der Waals surface area (Å²) in [6, 6.07) is 7.60. The monoisotopic (exact) mass is 279 g/mol. The van der Waals surface area contributed by atoms with E-state index in [1.165, 1.54) is 0 Å². The molecule has 1 aromatic carbocycles. The zero-order chi connectivity index (χ0) is 13.5. The second-order valence-corrected chi connectivity index (χ2v) is 4.57. The van der Waals surface area contributed by atoms with Crippen LogP contribution in [0, 0.1) is 0 Å². The van der Waals surface area contributed by atoms with E-state index in [9.17, 15) is 0 Å². The summed E-state index contributed by atoms with van der Waals surface area (Å²) < 4.78 is 7.40. The van der Waals surface area contributed by atoms with Crippen LogP contribution in [0.1, 0.15) is 13.3 Å². The Labute approximate surface area is 118 Å². The number of benzene rings is 1. The lowest BCUT2D eigenvalue weighted by Gasteiger charge is -2.10. The average molecular weight is 280 g/mol. The molecule has 1 heterocycles. The molecule has 0 fully saturated rings. The summed E-state index contributed by atoms with van der Waals surface area (Å²) in [4.78, 5) is 4.31. The van der Waals surface area contributed by atoms with Gasteiger partial charge in [-0.25, -0.2) is 4.98 Å². The van der Waals surface area contributed by atoms with Gasteiger partial charge in [0.05, 0.1) is 0 Å². The normalized spacial score (nSPS) is 10.6. The van der Waals surface area contributed by atoms with Crippen LogP contribution in [-0.4, -0.2) is 22.8 Å². The SMILES string of the molecule is CCOCCCn1ccnc1Nc1cccc(Cl)c1. The fourth-order valence-electron chi connectivity index (χ4n) is 1.79. The van der Waals surface area contributed by atoms with E-state index in [-0.39, 0.29) is 0 Å². The largest absolute Gasteiger partial charge is 0.382 e. The Morgan fingerprint density at radius 2 is 2.32 bits per heavy atom. The van der Waals surface area contributed by atoms with Crippen molar-refractivity contribution in [3.63, 3.8) is 0 Å². The topological polar surface area (TPSA) is 39.1 Å². The van der Waals surface area contributed by atoms with E-state index in [1.807, 2.05) is 37.4 Å². The lowest BCUT2D eigenvalue weighted by atomic mass is 10.3. The Morgan fingerprint density at radius 1 is 1.42 bits per heavy atom. The van der Waals surface area contributed by atoms with E-state index in [1.54, 1.807) is 6.20 Å². The molecular formula is C14H18ClN3O. The van der Waals surface area contributed by atoms with Crippen molar-refractivity contribution >= 4 is 23.2 Å². The minimum Gasteiger partial charge on any atom is -0.382 e. The first-order valence-corrected chi connectivity index (χ1v) is 6.79. The Hall–Kier alpha value is -1.52. The maximum absolute atomic E-state index is 5.96. The Bertz CT molecular complexity index is 513. The first-order chi connectivity index (χ1) is 9.29. The first-order valence-electron chi connectivity index (χ1n) is 6.41. The predicted molar refractivity (Wildman–Crippen MR) is 78.1 cm³/mol. The van der Waals surface area contributed by atoms with Crippen LogP contribution in [0.3, 0.4) is 0 Å². The van der Waals surface area contributed by atoms with Crippen molar-refractivity contribution in [3.05, 3.63) is 41.7 Å². The van der Waals surface area contributed by atoms with Crippen LogP contribution < -0.4 is 5.32 Å². The molecule has 0 aliphatic heterocycles. The van der Waals surface area contributed by atoms with Crippen LogP contribution in [-0.2, 0) is 11.3 Å². The number of aromatic nitrogens is 2. The van der Waals surface area contributed by atoms with E-state index in [0.717, 1.165) is 37.8 Å². The van der Waals surface area contributed by atoms with Gasteiger partial charge < -0.3 is 14.6 Å². The molecule has 5 heteroatoms. The van der Waals surface area contributed by atoms with Gasteiger partial charge in [-0.05, 0) is 31.5 Å². The third-order valence-corrected chi connectivity index (χ3v) is 2.92. The highest BCUT2D eigenvalue weighted by molar-refractivity contribution is 6.30. The van der Waals surface area contributed by atoms with Crippen LogP contribution in [0.5, 0.6) is 0 Å².